The molecular formula is C17H26N6O3. The maximum absolute atomic E-state index is 10.6. The van der Waals surface area contributed by atoms with Gasteiger partial charge >= 0.3 is 0 Å². The van der Waals surface area contributed by atoms with Gasteiger partial charge in [-0.3, -0.25) is 4.57 Å². The summed E-state index contributed by atoms with van der Waals surface area (Å²) in [6.45, 7) is 5.33. The van der Waals surface area contributed by atoms with Gasteiger partial charge in [-0.05, 0) is 20.9 Å². The van der Waals surface area contributed by atoms with E-state index < -0.39 is 24.5 Å². The molecule has 9 heteroatoms. The summed E-state index contributed by atoms with van der Waals surface area (Å²) < 4.78 is 7.74. The normalized spacial score (nSPS) is 26.6. The van der Waals surface area contributed by atoms with Crippen LogP contribution in [0.3, 0.4) is 0 Å². The van der Waals surface area contributed by atoms with Gasteiger partial charge in [0.05, 0.1) is 5.69 Å². The van der Waals surface area contributed by atoms with Gasteiger partial charge in [-0.25, -0.2) is 15.0 Å². The van der Waals surface area contributed by atoms with Crippen LogP contribution in [0.25, 0.3) is 11.2 Å². The van der Waals surface area contributed by atoms with Crippen molar-refractivity contribution >= 4 is 11.2 Å². The summed E-state index contributed by atoms with van der Waals surface area (Å²) in [5.74, 6) is 0.653. The second-order valence-corrected chi connectivity index (χ2v) is 6.63. The molecule has 1 aliphatic rings. The molecule has 0 radical (unpaired) electrons. The molecule has 0 spiro atoms. The molecule has 0 unspecified atom stereocenters. The lowest BCUT2D eigenvalue weighted by Gasteiger charge is -2.21. The maximum atomic E-state index is 10.6. The van der Waals surface area contributed by atoms with E-state index in [9.17, 15) is 10.2 Å². The highest BCUT2D eigenvalue weighted by atomic mass is 16.6. The standard InChI is InChI=1S/C17H26N6O3/c1-10-13-16(20-9-19-10)23(11(2)21-13)17-15(25)14(24)12(26-17)8-22(3)7-5-4-6-18/h4-5,9,12,14-15,17,24-25H,6-8,18H2,1-3H3/b5-4-/t12-,14-,15-,17-/m1/s1. The van der Waals surface area contributed by atoms with Gasteiger partial charge in [0.25, 0.3) is 0 Å². The van der Waals surface area contributed by atoms with Crippen LogP contribution in [0.1, 0.15) is 17.7 Å². The first-order valence-corrected chi connectivity index (χ1v) is 8.65. The quantitative estimate of drug-likeness (QED) is 0.588. The Morgan fingerprint density at radius 2 is 2.04 bits per heavy atom. The Morgan fingerprint density at radius 1 is 1.27 bits per heavy atom. The van der Waals surface area contributed by atoms with Crippen LogP contribution in [0.15, 0.2) is 18.5 Å². The summed E-state index contributed by atoms with van der Waals surface area (Å²) in [7, 11) is 1.92. The second kappa shape index (κ2) is 7.77. The van der Waals surface area contributed by atoms with Crippen molar-refractivity contribution in [3.63, 3.8) is 0 Å². The number of imidazole rings is 1. The number of ether oxygens (including phenoxy) is 1. The number of likely N-dealkylation sites (N-methyl/N-ethyl adjacent to an activating group) is 1. The Balaban J connectivity index is 1.81. The molecule has 1 fully saturated rings. The van der Waals surface area contributed by atoms with E-state index in [0.29, 0.717) is 36.6 Å². The fraction of sp³-hybridized carbons (Fsp3) is 0.588. The zero-order chi connectivity index (χ0) is 18.8. The third kappa shape index (κ3) is 3.49. The largest absolute Gasteiger partial charge is 0.387 e. The van der Waals surface area contributed by atoms with Crippen molar-refractivity contribution < 1.29 is 14.9 Å². The summed E-state index contributed by atoms with van der Waals surface area (Å²) in [6.07, 6.45) is 1.96. The van der Waals surface area contributed by atoms with Crippen LogP contribution in [0, 0.1) is 13.8 Å². The summed E-state index contributed by atoms with van der Waals surface area (Å²) in [6, 6.07) is 0. The fourth-order valence-electron chi connectivity index (χ4n) is 3.26. The number of aryl methyl sites for hydroxylation is 2. The van der Waals surface area contributed by atoms with Crippen LogP contribution >= 0.6 is 0 Å². The summed E-state index contributed by atoms with van der Waals surface area (Å²) in [5, 5.41) is 21.0. The molecule has 0 saturated carbocycles. The average molecular weight is 362 g/mol. The zero-order valence-corrected chi connectivity index (χ0v) is 15.3. The lowest BCUT2D eigenvalue weighted by atomic mass is 10.1. The highest BCUT2D eigenvalue weighted by Gasteiger charge is 2.45. The van der Waals surface area contributed by atoms with Gasteiger partial charge in [0.1, 0.15) is 36.0 Å². The minimum Gasteiger partial charge on any atom is -0.387 e. The Bertz CT molecular complexity index is 792. The Kier molecular flexibility index (Phi) is 5.64. The van der Waals surface area contributed by atoms with E-state index in [1.165, 1.54) is 6.33 Å². The number of nitrogens with two attached hydrogens (primary N) is 1. The SMILES string of the molecule is Cc1ncnc2c1nc(C)n2[C@@H]1O[C@H](CN(C)C/C=C\CN)[C@@H](O)[C@H]1O. The van der Waals surface area contributed by atoms with Crippen LogP contribution in [0.4, 0.5) is 0 Å². The van der Waals surface area contributed by atoms with Crippen molar-refractivity contribution in [1.29, 1.82) is 0 Å². The predicted octanol–water partition coefficient (Wildman–Crippen LogP) is -0.491. The van der Waals surface area contributed by atoms with E-state index in [1.807, 2.05) is 37.9 Å². The van der Waals surface area contributed by atoms with Crippen LogP contribution in [-0.2, 0) is 4.74 Å². The van der Waals surface area contributed by atoms with E-state index >= 15 is 0 Å². The number of hydrogen-bond acceptors (Lipinski definition) is 8. The number of aliphatic hydroxyl groups is 2. The van der Waals surface area contributed by atoms with Crippen molar-refractivity contribution in [2.75, 3.05) is 26.7 Å². The molecule has 1 saturated heterocycles. The second-order valence-electron chi connectivity index (χ2n) is 6.63. The number of fused-ring (bicyclic) bond motifs is 1. The molecular weight excluding hydrogens is 336 g/mol. The maximum Gasteiger partial charge on any atom is 0.166 e. The molecule has 0 aromatic carbocycles. The smallest absolute Gasteiger partial charge is 0.166 e. The molecule has 2 aromatic rings. The van der Waals surface area contributed by atoms with Crippen LogP contribution < -0.4 is 5.73 Å². The van der Waals surface area contributed by atoms with E-state index in [1.54, 1.807) is 4.57 Å². The lowest BCUT2D eigenvalue weighted by Crippen LogP contribution is -2.38. The Labute approximate surface area is 152 Å². The average Bonchev–Trinajstić information content (AvgIpc) is 3.07. The van der Waals surface area contributed by atoms with Gasteiger partial charge in [0.15, 0.2) is 11.9 Å². The van der Waals surface area contributed by atoms with Gasteiger partial charge in [0.2, 0.25) is 0 Å². The molecule has 2 aromatic heterocycles. The molecule has 0 bridgehead atoms. The lowest BCUT2D eigenvalue weighted by molar-refractivity contribution is -0.0424. The summed E-state index contributed by atoms with van der Waals surface area (Å²) in [4.78, 5) is 14.9. The molecule has 9 nitrogen and oxygen atoms in total. The number of hydrogen-bond donors (Lipinski definition) is 3. The van der Waals surface area contributed by atoms with Crippen molar-refractivity contribution in [3.8, 4) is 0 Å². The number of aliphatic hydroxyl groups excluding tert-OH is 2. The van der Waals surface area contributed by atoms with Gasteiger partial charge in [-0.2, -0.15) is 0 Å². The molecule has 0 aliphatic carbocycles. The molecule has 4 N–H and O–H groups in total. The number of nitrogens with zero attached hydrogens (tertiary/aromatic N) is 5. The first kappa shape index (κ1) is 18.9. The minimum absolute atomic E-state index is 0.476. The number of aromatic nitrogens is 4. The van der Waals surface area contributed by atoms with Crippen LogP contribution in [0.5, 0.6) is 0 Å². The molecule has 142 valence electrons. The van der Waals surface area contributed by atoms with E-state index in [-0.39, 0.29) is 0 Å². The van der Waals surface area contributed by atoms with Gasteiger partial charge < -0.3 is 25.6 Å². The van der Waals surface area contributed by atoms with Crippen LogP contribution in [0.2, 0.25) is 0 Å². The highest BCUT2D eigenvalue weighted by molar-refractivity contribution is 5.73. The fourth-order valence-corrected chi connectivity index (χ4v) is 3.26. The molecule has 3 rings (SSSR count). The minimum atomic E-state index is -1.07. The molecule has 1 aliphatic heterocycles. The van der Waals surface area contributed by atoms with Crippen molar-refractivity contribution in [2.45, 2.75) is 38.4 Å². The molecule has 26 heavy (non-hydrogen) atoms. The topological polar surface area (TPSA) is 123 Å². The third-order valence-corrected chi connectivity index (χ3v) is 4.64. The van der Waals surface area contributed by atoms with Gasteiger partial charge in [-0.15, -0.1) is 0 Å². The molecule has 0 amide bonds. The van der Waals surface area contributed by atoms with Gasteiger partial charge in [-0.1, -0.05) is 12.2 Å². The van der Waals surface area contributed by atoms with Crippen molar-refractivity contribution in [1.82, 2.24) is 24.4 Å². The Hall–Kier alpha value is -1.91. The van der Waals surface area contributed by atoms with Crippen molar-refractivity contribution in [3.05, 3.63) is 30.0 Å². The third-order valence-electron chi connectivity index (χ3n) is 4.64. The van der Waals surface area contributed by atoms with E-state index in [0.717, 1.165) is 5.69 Å². The van der Waals surface area contributed by atoms with Crippen molar-refractivity contribution in [2.24, 2.45) is 5.73 Å². The number of rotatable bonds is 6. The monoisotopic (exact) mass is 362 g/mol. The van der Waals surface area contributed by atoms with E-state index in [4.69, 9.17) is 10.5 Å². The molecule has 4 atom stereocenters. The first-order chi connectivity index (χ1) is 12.4. The Morgan fingerprint density at radius 3 is 2.77 bits per heavy atom. The summed E-state index contributed by atoms with van der Waals surface area (Å²) >= 11 is 0. The predicted molar refractivity (Wildman–Crippen MR) is 96.4 cm³/mol. The van der Waals surface area contributed by atoms with Crippen LogP contribution in [-0.4, -0.2) is 79.6 Å². The summed E-state index contributed by atoms with van der Waals surface area (Å²) in [5.41, 5.74) is 7.45. The van der Waals surface area contributed by atoms with E-state index in [2.05, 4.69) is 15.0 Å². The molecule has 3 heterocycles. The zero-order valence-electron chi connectivity index (χ0n) is 15.3. The highest BCUT2D eigenvalue weighted by Crippen LogP contribution is 2.33. The van der Waals surface area contributed by atoms with Gasteiger partial charge in [0, 0.05) is 19.6 Å². The first-order valence-electron chi connectivity index (χ1n) is 8.65.